The van der Waals surface area contributed by atoms with Crippen LogP contribution in [-0.4, -0.2) is 55.9 Å². The Morgan fingerprint density at radius 1 is 0.700 bits per heavy atom. The fourth-order valence-corrected chi connectivity index (χ4v) is 7.04. The molecule has 3 aromatic rings. The summed E-state index contributed by atoms with van der Waals surface area (Å²) in [6, 6.07) is 7.28. The molecule has 50 heavy (non-hydrogen) atoms. The Balaban J connectivity index is 0.000000225. The smallest absolute Gasteiger partial charge is 0.264 e. The maximum Gasteiger partial charge on any atom is 0.264 e. The third-order valence-electron chi connectivity index (χ3n) is 6.56. The topological polar surface area (TPSA) is 224 Å². The van der Waals surface area contributed by atoms with Crippen molar-refractivity contribution in [2.45, 2.75) is 6.54 Å². The predicted molar refractivity (Wildman–Crippen MR) is 208 cm³/mol. The van der Waals surface area contributed by atoms with Gasteiger partial charge in [0.1, 0.15) is 5.01 Å². The lowest BCUT2D eigenvalue weighted by Gasteiger charge is -2.11. The van der Waals surface area contributed by atoms with Crippen molar-refractivity contribution in [2.24, 2.45) is 0 Å². The van der Waals surface area contributed by atoms with Crippen LogP contribution in [0.15, 0.2) is 65.3 Å². The highest BCUT2D eigenvalue weighted by atomic mass is 79.9. The van der Waals surface area contributed by atoms with E-state index in [0.29, 0.717) is 46.1 Å². The molecule has 0 amide bonds. The van der Waals surface area contributed by atoms with Gasteiger partial charge >= 0.3 is 0 Å². The summed E-state index contributed by atoms with van der Waals surface area (Å²) in [6.07, 6.45) is 7.94. The maximum absolute atomic E-state index is 11.8. The second kappa shape index (κ2) is 16.3. The molecule has 0 fully saturated rings. The zero-order chi connectivity index (χ0) is 37.0. The van der Waals surface area contributed by atoms with Crippen molar-refractivity contribution in [1.29, 1.82) is 0 Å². The van der Waals surface area contributed by atoms with Crippen molar-refractivity contribution in [3.05, 3.63) is 92.4 Å². The van der Waals surface area contributed by atoms with Gasteiger partial charge in [-0.15, -0.1) is 11.3 Å². The van der Waals surface area contributed by atoms with E-state index in [1.807, 2.05) is 0 Å². The van der Waals surface area contributed by atoms with Crippen molar-refractivity contribution in [3.8, 4) is 62.2 Å². The van der Waals surface area contributed by atoms with Gasteiger partial charge in [0.25, 0.3) is 5.43 Å². The Bertz CT molecular complexity index is 2180. The number of halogens is 4. The first-order chi connectivity index (χ1) is 23.5. The summed E-state index contributed by atoms with van der Waals surface area (Å²) in [5.41, 5.74) is 1.28. The van der Waals surface area contributed by atoms with Gasteiger partial charge in [0, 0.05) is 18.3 Å². The summed E-state index contributed by atoms with van der Waals surface area (Å²) < 4.78 is 1.12. The van der Waals surface area contributed by atoms with Crippen molar-refractivity contribution < 1.29 is 46.0 Å². The molecule has 0 saturated carbocycles. The minimum atomic E-state index is -0.857. The Labute approximate surface area is 325 Å². The quantitative estimate of drug-likeness (QED) is 0.0443. The van der Waals surface area contributed by atoms with Crippen molar-refractivity contribution >= 4 is 110 Å². The zero-order valence-electron chi connectivity index (χ0n) is 24.7. The molecular weight excluding hydrogens is 956 g/mol. The zero-order valence-corrected chi connectivity index (χ0v) is 32.7. The number of aromatic hydroxyl groups is 9. The van der Waals surface area contributed by atoms with Crippen molar-refractivity contribution in [2.75, 3.05) is 0 Å². The second-order valence-corrected chi connectivity index (χ2v) is 14.7. The summed E-state index contributed by atoms with van der Waals surface area (Å²) in [4.78, 5) is 16.6. The van der Waals surface area contributed by atoms with Gasteiger partial charge in [-0.3, -0.25) is 4.79 Å². The van der Waals surface area contributed by atoms with Gasteiger partial charge in [-0.2, -0.15) is 0 Å². The van der Waals surface area contributed by atoms with Crippen LogP contribution in [-0.2, 0) is 6.54 Å². The first-order valence-electron chi connectivity index (χ1n) is 13.5. The Kier molecular flexibility index (Phi) is 12.6. The average molecular weight is 978 g/mol. The third kappa shape index (κ3) is 8.80. The lowest BCUT2D eigenvalue weighted by atomic mass is 10.1. The molecule has 0 saturated heterocycles. The first-order valence-corrected chi connectivity index (χ1v) is 17.9. The van der Waals surface area contributed by atoms with E-state index in [1.165, 1.54) is 24.4 Å². The molecule has 3 aromatic carbocycles. The molecule has 1 heterocycles. The van der Waals surface area contributed by atoms with E-state index in [4.69, 9.17) is 12.2 Å². The number of thiocarbonyl (C=S) groups is 1. The number of phenols is 9. The minimum absolute atomic E-state index is 0.178. The van der Waals surface area contributed by atoms with Crippen molar-refractivity contribution in [1.82, 2.24) is 10.3 Å². The first kappa shape index (κ1) is 38.7. The number of rotatable bonds is 6. The number of nitrogens with one attached hydrogen (secondary N) is 1. The van der Waals surface area contributed by atoms with Crippen LogP contribution in [0.1, 0.15) is 21.7 Å². The molecule has 10 N–H and O–H groups in total. The van der Waals surface area contributed by atoms with Crippen LogP contribution >= 0.6 is 87.3 Å². The summed E-state index contributed by atoms with van der Waals surface area (Å²) in [7, 11) is 0. The van der Waals surface area contributed by atoms with Gasteiger partial charge in [-0.05, 0) is 123 Å². The Morgan fingerprint density at radius 2 is 1.26 bits per heavy atom. The largest absolute Gasteiger partial charge is 0.504 e. The van der Waals surface area contributed by atoms with Crippen LogP contribution in [0.4, 0.5) is 0 Å². The molecule has 1 aliphatic carbocycles. The van der Waals surface area contributed by atoms with Crippen LogP contribution < -0.4 is 10.7 Å². The normalized spacial score (nSPS) is 11.2. The van der Waals surface area contributed by atoms with E-state index in [1.54, 1.807) is 36.4 Å². The summed E-state index contributed by atoms with van der Waals surface area (Å²) in [5.74, 6) is -3.61. The monoisotopic (exact) mass is 974 g/mol. The van der Waals surface area contributed by atoms with Crippen LogP contribution in [0.25, 0.3) is 28.7 Å². The van der Waals surface area contributed by atoms with Gasteiger partial charge < -0.3 is 51.3 Å². The second-order valence-electron chi connectivity index (χ2n) is 9.97. The highest BCUT2D eigenvalue weighted by Gasteiger charge is 2.22. The fourth-order valence-electron chi connectivity index (χ4n) is 4.01. The van der Waals surface area contributed by atoms with E-state index in [2.05, 4.69) is 74.0 Å². The van der Waals surface area contributed by atoms with Gasteiger partial charge in [0.05, 0.1) is 27.8 Å². The number of hydrogen-bond donors (Lipinski definition) is 10. The maximum atomic E-state index is 11.8. The molecule has 0 unspecified atom stereocenters. The van der Waals surface area contributed by atoms with Crippen LogP contribution in [0.2, 0.25) is 0 Å². The Morgan fingerprint density at radius 3 is 1.84 bits per heavy atom. The molecule has 260 valence electrons. The summed E-state index contributed by atoms with van der Waals surface area (Å²) in [5, 5.41) is 89.9. The molecular formula is C32H22Br4N2O10S2. The lowest BCUT2D eigenvalue weighted by molar-refractivity contribution is 0.365. The number of nitrogens with zero attached hydrogens (tertiary/aromatic N) is 1. The van der Waals surface area contributed by atoms with E-state index < -0.39 is 34.2 Å². The third-order valence-corrected chi connectivity index (χ3v) is 10.8. The number of phenolic OH excluding ortho intramolecular Hbond substituents is 9. The van der Waals surface area contributed by atoms with E-state index >= 15 is 0 Å². The molecule has 0 atom stereocenters. The fraction of sp³-hybridized carbons (Fsp3) is 0.0312. The van der Waals surface area contributed by atoms with Gasteiger partial charge in [0.2, 0.25) is 5.75 Å². The summed E-state index contributed by atoms with van der Waals surface area (Å²) in [6.45, 7) is 0.190. The number of hydrogen-bond acceptors (Lipinski definition) is 13. The van der Waals surface area contributed by atoms with Crippen molar-refractivity contribution in [3.63, 3.8) is 0 Å². The molecule has 12 nitrogen and oxygen atoms in total. The van der Waals surface area contributed by atoms with Crippen LogP contribution in [0, 0.1) is 0 Å². The molecule has 1 aliphatic heterocycles. The van der Waals surface area contributed by atoms with Crippen LogP contribution in [0.3, 0.4) is 0 Å². The molecule has 2 aliphatic rings. The molecule has 5 rings (SSSR count). The highest BCUT2D eigenvalue weighted by molar-refractivity contribution is 9.11. The number of aromatic nitrogens is 1. The molecule has 0 spiro atoms. The lowest BCUT2D eigenvalue weighted by Crippen LogP contribution is -2.18. The van der Waals surface area contributed by atoms with Gasteiger partial charge in [-0.1, -0.05) is 24.4 Å². The SMILES string of the molecule is O=c1c(O)c2sc(/C=C/c3cc(O)c(O)c(Br)c3)ncc-2c(Br)c1O.Oc1cc(/C=C/C(=S)NCc2cc(O)c(O)c(O)c2Br)cc(Br)c1O. The average Bonchev–Trinajstić information content (AvgIpc) is 3.09. The van der Waals surface area contributed by atoms with Crippen LogP contribution in [0.5, 0.6) is 51.7 Å². The number of benzene rings is 4. The minimum Gasteiger partial charge on any atom is -0.504 e. The number of fused-ring (bicyclic) bond motifs is 1. The van der Waals surface area contributed by atoms with Gasteiger partial charge in [-0.25, -0.2) is 4.98 Å². The Hall–Kier alpha value is -4.07. The van der Waals surface area contributed by atoms with E-state index in [-0.39, 0.29) is 38.5 Å². The molecule has 18 heteroatoms. The van der Waals surface area contributed by atoms with Gasteiger partial charge in [0.15, 0.2) is 46.0 Å². The van der Waals surface area contributed by atoms with E-state index in [0.717, 1.165) is 11.3 Å². The standard InChI is InChI=1S/C16H9Br2NO5S.C16H13Br2NO5S/c17-8-3-6(4-9(20)12(8)21)1-2-10-19-5-7-11(18)13(22)14(23)15(24)16(7)25-10;17-9-3-7(4-10(20)14(9)22)1-2-12(25)19-6-8-5-11(21)15(23)16(24)13(8)18/h1-5,20-22,24H;1-5,20-24H,6H2,(H,19,25)/b2*2-1+. The summed E-state index contributed by atoms with van der Waals surface area (Å²) >= 11 is 18.8. The molecule has 0 aromatic heterocycles. The molecule has 0 bridgehead atoms. The molecule has 0 radical (unpaired) electrons. The predicted octanol–water partition coefficient (Wildman–Crippen LogP) is 8.00. The highest BCUT2D eigenvalue weighted by Crippen LogP contribution is 2.44. The van der Waals surface area contributed by atoms with E-state index in [9.17, 15) is 50.8 Å².